The topological polar surface area (TPSA) is 93.7 Å². The van der Waals surface area contributed by atoms with Gasteiger partial charge in [0, 0.05) is 0 Å². The molecular formula is C12H8Cl6F9N2O5P. The average molecular weight is 675 g/mol. The van der Waals surface area contributed by atoms with E-state index >= 15 is 0 Å². The second-order valence-corrected chi connectivity index (χ2v) is 13.1. The van der Waals surface area contributed by atoms with Crippen LogP contribution in [0, 0.1) is 22.7 Å². The first kappa shape index (κ1) is 35.3. The van der Waals surface area contributed by atoms with E-state index in [1.807, 2.05) is 0 Å². The van der Waals surface area contributed by atoms with E-state index < -0.39 is 65.9 Å². The van der Waals surface area contributed by atoms with Gasteiger partial charge in [-0.25, -0.2) is 0 Å². The first-order valence-electron chi connectivity index (χ1n) is 7.75. The Labute approximate surface area is 220 Å². The molecule has 0 saturated carbocycles. The van der Waals surface area contributed by atoms with Crippen LogP contribution in [0.1, 0.15) is 0 Å². The molecule has 0 fully saturated rings. The summed E-state index contributed by atoms with van der Waals surface area (Å²) in [4.78, 5) is 0. The minimum atomic E-state index is -7.69. The number of alkyl halides is 15. The molecule has 0 aliphatic rings. The summed E-state index contributed by atoms with van der Waals surface area (Å²) in [7, 11) is -7.69. The van der Waals surface area contributed by atoms with Gasteiger partial charge in [-0.3, -0.25) is 0 Å². The van der Waals surface area contributed by atoms with E-state index in [-0.39, 0.29) is 0 Å². The van der Waals surface area contributed by atoms with Crippen LogP contribution >= 0.6 is 77.3 Å². The van der Waals surface area contributed by atoms with Crippen LogP contribution in [-0.2, 0) is 22.6 Å². The molecule has 0 aromatic heterocycles. The zero-order chi connectivity index (χ0) is 28.2. The minimum absolute atomic E-state index is 0.912. The predicted octanol–water partition coefficient (Wildman–Crippen LogP) is 7.41. The summed E-state index contributed by atoms with van der Waals surface area (Å²) < 4.78 is 132. The Bertz CT molecular complexity index is 720. The van der Waals surface area contributed by atoms with Gasteiger partial charge in [-0.15, -0.1) is 0 Å². The quantitative estimate of drug-likeness (QED) is 0.135. The van der Waals surface area contributed by atoms with Gasteiger partial charge >= 0.3 is 220 Å². The third kappa shape index (κ3) is 13.1. The Kier molecular flexibility index (Phi) is 12.1. The summed E-state index contributed by atoms with van der Waals surface area (Å²) in [6.07, 6.45) is -22.5. The van der Waals surface area contributed by atoms with Crippen LogP contribution in [-0.4, -0.2) is 58.1 Å². The van der Waals surface area contributed by atoms with Crippen molar-refractivity contribution in [3.8, 4) is 12.1 Å². The van der Waals surface area contributed by atoms with Crippen molar-refractivity contribution in [3.05, 3.63) is 0 Å². The molecule has 2 atom stereocenters. The number of nitrogens with zero attached hydrogens (tertiary/aromatic N) is 2. The van der Waals surface area contributed by atoms with Gasteiger partial charge in [0.05, 0.1) is 0 Å². The third-order valence-corrected chi connectivity index (χ3v) is 6.65. The molecule has 0 heterocycles. The Morgan fingerprint density at radius 3 is 0.943 bits per heavy atom. The molecule has 0 bridgehead atoms. The molecule has 0 radical (unpaired) electrons. The van der Waals surface area contributed by atoms with Gasteiger partial charge in [0.15, 0.2) is 0 Å². The Balaban J connectivity index is 7.32. The monoisotopic (exact) mass is 672 g/mol. The van der Waals surface area contributed by atoms with E-state index in [2.05, 4.69) is 22.6 Å². The van der Waals surface area contributed by atoms with Crippen LogP contribution in [0.25, 0.3) is 0 Å². The number of hydrogen-bond donors (Lipinski definition) is 0. The molecule has 0 aliphatic carbocycles. The summed E-state index contributed by atoms with van der Waals surface area (Å²) in [5.74, 6) is 0. The normalized spacial score (nSPS) is 17.1. The predicted molar refractivity (Wildman–Crippen MR) is 104 cm³/mol. The zero-order valence-corrected chi connectivity index (χ0v) is 21.3. The summed E-state index contributed by atoms with van der Waals surface area (Å²) in [6, 6.07) is 1.82. The molecule has 7 nitrogen and oxygen atoms in total. The molecule has 0 aromatic rings. The first-order chi connectivity index (χ1) is 15.3. The van der Waals surface area contributed by atoms with Crippen molar-refractivity contribution < 1.29 is 62.1 Å². The zero-order valence-electron chi connectivity index (χ0n) is 15.8. The first-order valence-corrected chi connectivity index (χ1v) is 11.8. The van der Waals surface area contributed by atoms with Gasteiger partial charge in [0.2, 0.25) is 0 Å². The molecule has 0 saturated heterocycles. The van der Waals surface area contributed by atoms with Gasteiger partial charge in [-0.2, -0.15) is 0 Å². The SMILES string of the molecule is N#CC(OP(OCC(F)(F)F)(OCC(F)(F)F)(OCC(F)(F)F)OC(C#N)C(Cl)(Cl)Cl)C(Cl)(Cl)Cl. The second kappa shape index (κ2) is 12.0. The fourth-order valence-corrected chi connectivity index (χ4v) is 5.25. The van der Waals surface area contributed by atoms with Crippen LogP contribution in [0.5, 0.6) is 0 Å². The summed E-state index contributed by atoms with van der Waals surface area (Å²) in [5.41, 5.74) is 0. The van der Waals surface area contributed by atoms with Gasteiger partial charge in [0.25, 0.3) is 0 Å². The van der Waals surface area contributed by atoms with E-state index in [4.69, 9.17) is 80.1 Å². The Morgan fingerprint density at radius 1 is 0.571 bits per heavy atom. The van der Waals surface area contributed by atoms with Crippen molar-refractivity contribution in [1.82, 2.24) is 0 Å². The molecular weight excluding hydrogens is 667 g/mol. The van der Waals surface area contributed by atoms with Gasteiger partial charge in [-0.05, 0) is 0 Å². The Morgan fingerprint density at radius 2 is 0.800 bits per heavy atom. The van der Waals surface area contributed by atoms with Crippen molar-refractivity contribution in [3.63, 3.8) is 0 Å². The number of rotatable bonds is 10. The summed E-state index contributed by atoms with van der Waals surface area (Å²) >= 11 is 32.2. The standard InChI is InChI=1S/C12H8Cl6F9N2O5P/c13-11(14,15)6(1-28)33-35(30-3-8(19,20)21,31-4-9(22,23)24,32-5-10(25,26)27)34-7(2-29)12(16,17)18/h6-7H,3-5H2. The second-order valence-electron chi connectivity index (χ2n) is 5.72. The molecule has 35 heavy (non-hydrogen) atoms. The van der Waals surface area contributed by atoms with Crippen LogP contribution in [0.3, 0.4) is 0 Å². The molecule has 206 valence electrons. The van der Waals surface area contributed by atoms with Crippen molar-refractivity contribution in [1.29, 1.82) is 10.5 Å². The molecule has 0 aromatic carbocycles. The van der Waals surface area contributed by atoms with E-state index in [9.17, 15) is 39.5 Å². The average Bonchev–Trinajstić information content (AvgIpc) is 2.62. The van der Waals surface area contributed by atoms with Gasteiger partial charge in [-0.1, -0.05) is 0 Å². The fraction of sp³-hybridized carbons (Fsp3) is 0.833. The van der Waals surface area contributed by atoms with Crippen molar-refractivity contribution in [2.24, 2.45) is 0 Å². The van der Waals surface area contributed by atoms with Crippen LogP contribution in [0.15, 0.2) is 0 Å². The van der Waals surface area contributed by atoms with Gasteiger partial charge < -0.3 is 0 Å². The molecule has 0 aliphatic heterocycles. The molecule has 0 amide bonds. The summed E-state index contributed by atoms with van der Waals surface area (Å²) in [6.45, 7) is -8.47. The van der Waals surface area contributed by atoms with Crippen molar-refractivity contribution in [2.45, 2.75) is 38.3 Å². The number of nitriles is 2. The van der Waals surface area contributed by atoms with Crippen LogP contribution in [0.4, 0.5) is 39.5 Å². The fourth-order valence-electron chi connectivity index (χ4n) is 1.51. The molecule has 23 heteroatoms. The van der Waals surface area contributed by atoms with Crippen LogP contribution in [0.2, 0.25) is 0 Å². The summed E-state index contributed by atoms with van der Waals surface area (Å²) in [5, 5.41) is 18.3. The maximum atomic E-state index is 13.0. The third-order valence-electron chi connectivity index (χ3n) is 2.70. The van der Waals surface area contributed by atoms with E-state index in [1.54, 1.807) is 0 Å². The van der Waals surface area contributed by atoms with Crippen molar-refractivity contribution in [2.75, 3.05) is 19.8 Å². The molecule has 0 rings (SSSR count). The maximum absolute atomic E-state index is 13.0. The molecule has 0 N–H and O–H groups in total. The van der Waals surface area contributed by atoms with Crippen LogP contribution < -0.4 is 0 Å². The molecule has 2 unspecified atom stereocenters. The number of halogens is 15. The Hall–Kier alpha value is 0.320. The van der Waals surface area contributed by atoms with E-state index in [0.717, 1.165) is 12.1 Å². The number of hydrogen-bond acceptors (Lipinski definition) is 7. The van der Waals surface area contributed by atoms with E-state index in [0.29, 0.717) is 0 Å². The van der Waals surface area contributed by atoms with E-state index in [1.165, 1.54) is 0 Å². The van der Waals surface area contributed by atoms with Crippen molar-refractivity contribution >= 4 is 77.3 Å². The van der Waals surface area contributed by atoms with Gasteiger partial charge in [0.1, 0.15) is 0 Å². The molecule has 0 spiro atoms.